The topological polar surface area (TPSA) is 64.1 Å². The lowest BCUT2D eigenvalue weighted by atomic mass is 10.3. The lowest BCUT2D eigenvalue weighted by Gasteiger charge is -2.09. The first kappa shape index (κ1) is 13.3. The molecule has 5 nitrogen and oxygen atoms in total. The van der Waals surface area contributed by atoms with Gasteiger partial charge in [-0.05, 0) is 26.0 Å². The lowest BCUT2D eigenvalue weighted by Crippen LogP contribution is -2.13. The van der Waals surface area contributed by atoms with Crippen molar-refractivity contribution in [1.29, 1.82) is 0 Å². The normalized spacial score (nSPS) is 10.4. The number of para-hydroxylation sites is 2. The van der Waals surface area contributed by atoms with Crippen LogP contribution in [0.15, 0.2) is 24.3 Å². The summed E-state index contributed by atoms with van der Waals surface area (Å²) in [6.45, 7) is 4.59. The summed E-state index contributed by atoms with van der Waals surface area (Å²) in [5, 5.41) is 3.12. The van der Waals surface area contributed by atoms with E-state index in [1.54, 1.807) is 6.92 Å². The molecule has 0 spiro atoms. The number of nitrogens with one attached hydrogen (secondary N) is 1. The zero-order valence-corrected chi connectivity index (χ0v) is 11.1. The summed E-state index contributed by atoms with van der Waals surface area (Å²) in [5.74, 6) is 0.504. The summed E-state index contributed by atoms with van der Waals surface area (Å²) >= 11 is 0. The number of carbonyl (C=O) groups is 1. The molecule has 0 saturated heterocycles. The van der Waals surface area contributed by atoms with Crippen LogP contribution in [0.25, 0.3) is 11.0 Å². The highest BCUT2D eigenvalue weighted by Crippen LogP contribution is 2.15. The third kappa shape index (κ3) is 3.40. The fourth-order valence-electron chi connectivity index (χ4n) is 1.77. The molecule has 0 radical (unpaired) electrons. The third-order valence-electron chi connectivity index (χ3n) is 2.67. The van der Waals surface area contributed by atoms with Crippen molar-refractivity contribution in [2.45, 2.75) is 20.3 Å². The Bertz CT molecular complexity index is 584. The van der Waals surface area contributed by atoms with Gasteiger partial charge >= 0.3 is 5.97 Å². The Morgan fingerprint density at radius 1 is 1.26 bits per heavy atom. The molecule has 0 bridgehead atoms. The number of esters is 1. The van der Waals surface area contributed by atoms with Crippen LogP contribution >= 0.6 is 0 Å². The SMILES string of the molecule is CCOC(=O)CCNc1nc2ccccc2nc1C. The van der Waals surface area contributed by atoms with Crippen LogP contribution in [0.5, 0.6) is 0 Å². The second-order valence-electron chi connectivity index (χ2n) is 4.13. The van der Waals surface area contributed by atoms with Gasteiger partial charge in [-0.1, -0.05) is 12.1 Å². The minimum absolute atomic E-state index is 0.207. The quantitative estimate of drug-likeness (QED) is 0.835. The van der Waals surface area contributed by atoms with E-state index in [-0.39, 0.29) is 5.97 Å². The smallest absolute Gasteiger partial charge is 0.307 e. The average molecular weight is 259 g/mol. The average Bonchev–Trinajstić information content (AvgIpc) is 2.39. The molecule has 1 heterocycles. The van der Waals surface area contributed by atoms with E-state index in [1.807, 2.05) is 31.2 Å². The van der Waals surface area contributed by atoms with E-state index in [2.05, 4.69) is 15.3 Å². The Kier molecular flexibility index (Phi) is 4.28. The highest BCUT2D eigenvalue weighted by Gasteiger charge is 2.06. The zero-order valence-electron chi connectivity index (χ0n) is 11.1. The summed E-state index contributed by atoms with van der Waals surface area (Å²) in [5.41, 5.74) is 2.53. The van der Waals surface area contributed by atoms with Gasteiger partial charge in [0.15, 0.2) is 0 Å². The number of hydrogen-bond acceptors (Lipinski definition) is 5. The Labute approximate surface area is 112 Å². The van der Waals surface area contributed by atoms with Crippen molar-refractivity contribution in [1.82, 2.24) is 9.97 Å². The van der Waals surface area contributed by atoms with Crippen molar-refractivity contribution in [2.24, 2.45) is 0 Å². The van der Waals surface area contributed by atoms with Gasteiger partial charge in [0.25, 0.3) is 0 Å². The maximum Gasteiger partial charge on any atom is 0.307 e. The largest absolute Gasteiger partial charge is 0.466 e. The predicted molar refractivity (Wildman–Crippen MR) is 74.0 cm³/mol. The van der Waals surface area contributed by atoms with Crippen LogP contribution in [0.2, 0.25) is 0 Å². The number of nitrogens with zero attached hydrogens (tertiary/aromatic N) is 2. The summed E-state index contributed by atoms with van der Waals surface area (Å²) < 4.78 is 4.87. The molecule has 0 aliphatic carbocycles. The molecule has 100 valence electrons. The molecule has 0 fully saturated rings. The van der Waals surface area contributed by atoms with Crippen molar-refractivity contribution < 1.29 is 9.53 Å². The van der Waals surface area contributed by atoms with E-state index in [0.29, 0.717) is 25.4 Å². The summed E-state index contributed by atoms with van der Waals surface area (Å²) in [7, 11) is 0. The molecule has 0 saturated carbocycles. The molecular weight excluding hydrogens is 242 g/mol. The van der Waals surface area contributed by atoms with Gasteiger partial charge in [0.2, 0.25) is 0 Å². The molecule has 1 aromatic carbocycles. The number of hydrogen-bond donors (Lipinski definition) is 1. The van der Waals surface area contributed by atoms with Crippen LogP contribution in [0.3, 0.4) is 0 Å². The van der Waals surface area contributed by atoms with E-state index in [9.17, 15) is 4.79 Å². The van der Waals surface area contributed by atoms with Crippen LogP contribution in [-0.2, 0) is 9.53 Å². The van der Waals surface area contributed by atoms with Crippen molar-refractivity contribution >= 4 is 22.8 Å². The van der Waals surface area contributed by atoms with Crippen LogP contribution in [0, 0.1) is 6.92 Å². The number of aromatic nitrogens is 2. The minimum atomic E-state index is -0.207. The Hall–Kier alpha value is -2.17. The van der Waals surface area contributed by atoms with Gasteiger partial charge in [-0.25, -0.2) is 9.97 Å². The minimum Gasteiger partial charge on any atom is -0.466 e. The van der Waals surface area contributed by atoms with E-state index < -0.39 is 0 Å². The van der Waals surface area contributed by atoms with Gasteiger partial charge in [-0.2, -0.15) is 0 Å². The van der Waals surface area contributed by atoms with Crippen molar-refractivity contribution in [3.8, 4) is 0 Å². The molecule has 0 amide bonds. The van der Waals surface area contributed by atoms with Gasteiger partial charge in [-0.3, -0.25) is 4.79 Å². The maximum absolute atomic E-state index is 11.2. The van der Waals surface area contributed by atoms with Crippen molar-refractivity contribution in [2.75, 3.05) is 18.5 Å². The van der Waals surface area contributed by atoms with Crippen LogP contribution < -0.4 is 5.32 Å². The molecule has 1 N–H and O–H groups in total. The second-order valence-corrected chi connectivity index (χ2v) is 4.13. The number of ether oxygens (including phenoxy) is 1. The third-order valence-corrected chi connectivity index (χ3v) is 2.67. The number of fused-ring (bicyclic) bond motifs is 1. The molecule has 0 unspecified atom stereocenters. The fraction of sp³-hybridized carbons (Fsp3) is 0.357. The summed E-state index contributed by atoms with van der Waals surface area (Å²) in [4.78, 5) is 20.2. The van der Waals surface area contributed by atoms with Crippen molar-refractivity contribution in [3.63, 3.8) is 0 Å². The zero-order chi connectivity index (χ0) is 13.7. The standard InChI is InChI=1S/C14H17N3O2/c1-3-19-13(18)8-9-15-14-10(2)16-11-6-4-5-7-12(11)17-14/h4-7H,3,8-9H2,1-2H3,(H,15,17). The summed E-state index contributed by atoms with van der Waals surface area (Å²) in [6, 6.07) is 7.70. The molecule has 0 atom stereocenters. The van der Waals surface area contributed by atoms with Gasteiger partial charge in [0, 0.05) is 6.54 Å². The number of carbonyl (C=O) groups excluding carboxylic acids is 1. The molecular formula is C14H17N3O2. The van der Waals surface area contributed by atoms with Gasteiger partial charge < -0.3 is 10.1 Å². The van der Waals surface area contributed by atoms with E-state index in [1.165, 1.54) is 0 Å². The maximum atomic E-state index is 11.2. The van der Waals surface area contributed by atoms with E-state index in [0.717, 1.165) is 16.7 Å². The predicted octanol–water partition coefficient (Wildman–Crippen LogP) is 2.30. The fourth-order valence-corrected chi connectivity index (χ4v) is 1.77. The van der Waals surface area contributed by atoms with E-state index >= 15 is 0 Å². The number of benzene rings is 1. The van der Waals surface area contributed by atoms with Crippen LogP contribution in [-0.4, -0.2) is 29.1 Å². The number of anilines is 1. The van der Waals surface area contributed by atoms with Crippen molar-refractivity contribution in [3.05, 3.63) is 30.0 Å². The Morgan fingerprint density at radius 3 is 2.63 bits per heavy atom. The molecule has 0 aliphatic heterocycles. The monoisotopic (exact) mass is 259 g/mol. The first-order valence-electron chi connectivity index (χ1n) is 6.33. The van der Waals surface area contributed by atoms with Gasteiger partial charge in [0.05, 0.1) is 29.8 Å². The first-order chi connectivity index (χ1) is 9.20. The Morgan fingerprint density at radius 2 is 1.95 bits per heavy atom. The van der Waals surface area contributed by atoms with E-state index in [4.69, 9.17) is 4.74 Å². The molecule has 2 aromatic rings. The van der Waals surface area contributed by atoms with Gasteiger partial charge in [0.1, 0.15) is 5.82 Å². The molecule has 19 heavy (non-hydrogen) atoms. The molecule has 5 heteroatoms. The molecule has 2 rings (SSSR count). The van der Waals surface area contributed by atoms with Crippen LogP contribution in [0.1, 0.15) is 19.0 Å². The Balaban J connectivity index is 2.04. The summed E-state index contributed by atoms with van der Waals surface area (Å²) in [6.07, 6.45) is 0.321. The van der Waals surface area contributed by atoms with Crippen LogP contribution in [0.4, 0.5) is 5.82 Å². The highest BCUT2D eigenvalue weighted by atomic mass is 16.5. The second kappa shape index (κ2) is 6.13. The molecule has 0 aliphatic rings. The lowest BCUT2D eigenvalue weighted by molar-refractivity contribution is -0.142. The van der Waals surface area contributed by atoms with Gasteiger partial charge in [-0.15, -0.1) is 0 Å². The highest BCUT2D eigenvalue weighted by molar-refractivity contribution is 5.76. The number of rotatable bonds is 5. The molecule has 1 aromatic heterocycles. The number of aryl methyl sites for hydroxylation is 1. The first-order valence-corrected chi connectivity index (χ1v) is 6.33.